The highest BCUT2D eigenvalue weighted by atomic mass is 16.5. The Labute approximate surface area is 153 Å². The van der Waals surface area contributed by atoms with Crippen LogP contribution >= 0.6 is 0 Å². The summed E-state index contributed by atoms with van der Waals surface area (Å²) < 4.78 is 5.20. The van der Waals surface area contributed by atoms with E-state index in [-0.39, 0.29) is 12.1 Å². The van der Waals surface area contributed by atoms with Gasteiger partial charge in [0.15, 0.2) is 0 Å². The number of carbonyl (C=O) groups excluding carboxylic acids is 1. The summed E-state index contributed by atoms with van der Waals surface area (Å²) >= 11 is 0. The zero-order valence-electron chi connectivity index (χ0n) is 14.9. The van der Waals surface area contributed by atoms with E-state index in [2.05, 4.69) is 10.6 Å². The van der Waals surface area contributed by atoms with E-state index < -0.39 is 0 Å². The highest BCUT2D eigenvalue weighted by molar-refractivity contribution is 5.90. The third-order valence-corrected chi connectivity index (χ3v) is 4.15. The van der Waals surface area contributed by atoms with Crippen molar-refractivity contribution >= 4 is 11.7 Å². The van der Waals surface area contributed by atoms with E-state index in [1.54, 1.807) is 13.2 Å². The molecule has 3 rings (SSSR count). The lowest BCUT2D eigenvalue weighted by molar-refractivity contribution is 0.250. The van der Waals surface area contributed by atoms with Gasteiger partial charge in [-0.1, -0.05) is 66.2 Å². The third-order valence-electron chi connectivity index (χ3n) is 4.15. The zero-order valence-corrected chi connectivity index (χ0v) is 14.9. The first kappa shape index (κ1) is 17.5. The van der Waals surface area contributed by atoms with Crippen molar-refractivity contribution in [2.45, 2.75) is 13.0 Å². The Morgan fingerprint density at radius 2 is 1.58 bits per heavy atom. The normalized spacial score (nSPS) is 11.5. The predicted octanol–water partition coefficient (Wildman–Crippen LogP) is 4.91. The molecule has 2 N–H and O–H groups in total. The average Bonchev–Trinajstić information content (AvgIpc) is 2.68. The Hall–Kier alpha value is -3.27. The summed E-state index contributed by atoms with van der Waals surface area (Å²) in [5, 5.41) is 5.93. The molecule has 1 unspecified atom stereocenters. The number of anilines is 1. The van der Waals surface area contributed by atoms with Gasteiger partial charge in [0.25, 0.3) is 0 Å². The smallest absolute Gasteiger partial charge is 0.319 e. The number of hydrogen-bond acceptors (Lipinski definition) is 2. The van der Waals surface area contributed by atoms with Gasteiger partial charge in [-0.3, -0.25) is 0 Å². The van der Waals surface area contributed by atoms with Crippen LogP contribution in [0, 0.1) is 6.92 Å². The van der Waals surface area contributed by atoms with Crippen LogP contribution in [0.2, 0.25) is 0 Å². The number of aryl methyl sites for hydroxylation is 1. The Morgan fingerprint density at radius 1 is 0.885 bits per heavy atom. The molecular formula is C22H22N2O2. The SMILES string of the molecule is COc1cccc(NC(=O)NC(c2ccccc2)c2ccc(C)cc2)c1. The van der Waals surface area contributed by atoms with Gasteiger partial charge in [-0.15, -0.1) is 0 Å². The molecule has 1 atom stereocenters. The fourth-order valence-electron chi connectivity index (χ4n) is 2.76. The van der Waals surface area contributed by atoms with E-state index in [1.165, 1.54) is 5.56 Å². The molecule has 0 saturated heterocycles. The van der Waals surface area contributed by atoms with Crippen LogP contribution in [0.5, 0.6) is 5.75 Å². The minimum Gasteiger partial charge on any atom is -0.497 e. The van der Waals surface area contributed by atoms with Crippen LogP contribution in [0.1, 0.15) is 22.7 Å². The van der Waals surface area contributed by atoms with Crippen molar-refractivity contribution in [3.63, 3.8) is 0 Å². The zero-order chi connectivity index (χ0) is 18.4. The van der Waals surface area contributed by atoms with Gasteiger partial charge in [0.1, 0.15) is 5.75 Å². The molecule has 3 aromatic carbocycles. The lowest BCUT2D eigenvalue weighted by Crippen LogP contribution is -2.33. The molecule has 132 valence electrons. The first-order valence-electron chi connectivity index (χ1n) is 8.49. The molecule has 2 amide bonds. The second-order valence-corrected chi connectivity index (χ2v) is 6.08. The van der Waals surface area contributed by atoms with Crippen molar-refractivity contribution in [1.82, 2.24) is 5.32 Å². The van der Waals surface area contributed by atoms with Gasteiger partial charge in [0.05, 0.1) is 13.2 Å². The summed E-state index contributed by atoms with van der Waals surface area (Å²) in [4.78, 5) is 12.6. The largest absolute Gasteiger partial charge is 0.497 e. The summed E-state index contributed by atoms with van der Waals surface area (Å²) in [5.41, 5.74) is 3.92. The number of amides is 2. The van der Waals surface area contributed by atoms with E-state index in [0.29, 0.717) is 11.4 Å². The Balaban J connectivity index is 1.81. The van der Waals surface area contributed by atoms with Crippen LogP contribution < -0.4 is 15.4 Å². The molecule has 0 aliphatic rings. The van der Waals surface area contributed by atoms with Crippen molar-refractivity contribution in [1.29, 1.82) is 0 Å². The maximum atomic E-state index is 12.6. The lowest BCUT2D eigenvalue weighted by Gasteiger charge is -2.20. The summed E-state index contributed by atoms with van der Waals surface area (Å²) in [7, 11) is 1.60. The van der Waals surface area contributed by atoms with Gasteiger partial charge >= 0.3 is 6.03 Å². The van der Waals surface area contributed by atoms with E-state index in [1.807, 2.05) is 79.7 Å². The highest BCUT2D eigenvalue weighted by Crippen LogP contribution is 2.23. The minimum atomic E-state index is -0.271. The van der Waals surface area contributed by atoms with Gasteiger partial charge in [0.2, 0.25) is 0 Å². The van der Waals surface area contributed by atoms with E-state index in [9.17, 15) is 4.79 Å². The maximum absolute atomic E-state index is 12.6. The second-order valence-electron chi connectivity index (χ2n) is 6.08. The molecule has 26 heavy (non-hydrogen) atoms. The first-order chi connectivity index (χ1) is 12.7. The Morgan fingerprint density at radius 3 is 2.27 bits per heavy atom. The standard InChI is InChI=1S/C22H22N2O2/c1-16-11-13-18(14-12-16)21(17-7-4-3-5-8-17)24-22(25)23-19-9-6-10-20(15-19)26-2/h3-15,21H,1-2H3,(H2,23,24,25). The molecule has 0 aliphatic heterocycles. The van der Waals surface area contributed by atoms with Crippen LogP contribution in [0.3, 0.4) is 0 Å². The van der Waals surface area contributed by atoms with E-state index >= 15 is 0 Å². The van der Waals surface area contributed by atoms with Gasteiger partial charge in [-0.2, -0.15) is 0 Å². The van der Waals surface area contributed by atoms with Gasteiger partial charge in [-0.05, 0) is 30.2 Å². The van der Waals surface area contributed by atoms with Crippen LogP contribution in [0.4, 0.5) is 10.5 Å². The van der Waals surface area contributed by atoms with Crippen molar-refractivity contribution in [3.8, 4) is 5.75 Å². The van der Waals surface area contributed by atoms with Gasteiger partial charge in [-0.25, -0.2) is 4.79 Å². The van der Waals surface area contributed by atoms with Crippen molar-refractivity contribution < 1.29 is 9.53 Å². The third kappa shape index (κ3) is 4.42. The van der Waals surface area contributed by atoms with Crippen LogP contribution in [-0.4, -0.2) is 13.1 Å². The first-order valence-corrected chi connectivity index (χ1v) is 8.49. The Kier molecular flexibility index (Phi) is 5.54. The molecule has 0 radical (unpaired) electrons. The van der Waals surface area contributed by atoms with Crippen molar-refractivity contribution in [3.05, 3.63) is 95.6 Å². The number of hydrogen-bond donors (Lipinski definition) is 2. The number of urea groups is 1. The van der Waals surface area contributed by atoms with Crippen molar-refractivity contribution in [2.24, 2.45) is 0 Å². The number of benzene rings is 3. The van der Waals surface area contributed by atoms with E-state index in [0.717, 1.165) is 11.1 Å². The fraction of sp³-hybridized carbons (Fsp3) is 0.136. The molecule has 0 heterocycles. The fourth-order valence-corrected chi connectivity index (χ4v) is 2.76. The molecule has 4 heteroatoms. The minimum absolute atomic E-state index is 0.234. The number of ether oxygens (including phenoxy) is 1. The molecular weight excluding hydrogens is 324 g/mol. The second kappa shape index (κ2) is 8.21. The summed E-state index contributed by atoms with van der Waals surface area (Å²) in [6.07, 6.45) is 0. The highest BCUT2D eigenvalue weighted by Gasteiger charge is 2.16. The molecule has 4 nitrogen and oxygen atoms in total. The van der Waals surface area contributed by atoms with Gasteiger partial charge in [0, 0.05) is 11.8 Å². The average molecular weight is 346 g/mol. The molecule has 0 fully saturated rings. The molecule has 0 saturated carbocycles. The molecule has 0 bridgehead atoms. The number of carbonyl (C=O) groups is 1. The maximum Gasteiger partial charge on any atom is 0.319 e. The summed E-state index contributed by atoms with van der Waals surface area (Å²) in [5.74, 6) is 0.695. The topological polar surface area (TPSA) is 50.4 Å². The van der Waals surface area contributed by atoms with Crippen LogP contribution in [-0.2, 0) is 0 Å². The molecule has 0 aromatic heterocycles. The number of methoxy groups -OCH3 is 1. The monoisotopic (exact) mass is 346 g/mol. The van der Waals surface area contributed by atoms with Crippen LogP contribution in [0.25, 0.3) is 0 Å². The lowest BCUT2D eigenvalue weighted by atomic mass is 9.98. The quantitative estimate of drug-likeness (QED) is 0.689. The Bertz CT molecular complexity index is 861. The van der Waals surface area contributed by atoms with Crippen molar-refractivity contribution in [2.75, 3.05) is 12.4 Å². The predicted molar refractivity (Wildman–Crippen MR) is 105 cm³/mol. The van der Waals surface area contributed by atoms with E-state index in [4.69, 9.17) is 4.74 Å². The van der Waals surface area contributed by atoms with Gasteiger partial charge < -0.3 is 15.4 Å². The summed E-state index contributed by atoms with van der Waals surface area (Å²) in [6, 6.07) is 24.9. The summed E-state index contributed by atoms with van der Waals surface area (Å²) in [6.45, 7) is 2.05. The molecule has 0 spiro atoms. The molecule has 3 aromatic rings. The molecule has 0 aliphatic carbocycles. The van der Waals surface area contributed by atoms with Crippen LogP contribution in [0.15, 0.2) is 78.9 Å². The number of nitrogens with one attached hydrogen (secondary N) is 2. The number of rotatable bonds is 5.